The van der Waals surface area contributed by atoms with Crippen LogP contribution in [0.25, 0.3) is 0 Å². The van der Waals surface area contributed by atoms with Gasteiger partial charge in [0, 0.05) is 32.7 Å². The molecule has 1 atom stereocenters. The predicted octanol–water partition coefficient (Wildman–Crippen LogP) is 0.224. The van der Waals surface area contributed by atoms with Crippen LogP contribution in [0.1, 0.15) is 32.6 Å². The normalized spacial score (nSPS) is 17.2. The number of amides is 2. The van der Waals surface area contributed by atoms with Gasteiger partial charge in [-0.3, -0.25) is 0 Å². The van der Waals surface area contributed by atoms with Crippen molar-refractivity contribution in [2.75, 3.05) is 39.3 Å². The molecule has 0 saturated carbocycles. The van der Waals surface area contributed by atoms with Crippen molar-refractivity contribution in [3.63, 3.8) is 0 Å². The fourth-order valence-electron chi connectivity index (χ4n) is 2.31. The standard InChI is InChI=1S/C14H28N4O3/c1-2-3-5-12(13(19)20)17-14(21)16-6-4-9-18-10-7-15-8-11-18/h12,15H,2-11H2,1H3,(H,19,20)(H2,16,17,21). The number of aliphatic carboxylic acids is 1. The van der Waals surface area contributed by atoms with Gasteiger partial charge in [0.05, 0.1) is 0 Å². The van der Waals surface area contributed by atoms with Gasteiger partial charge in [0.1, 0.15) is 6.04 Å². The highest BCUT2D eigenvalue weighted by atomic mass is 16.4. The Kier molecular flexibility index (Phi) is 8.77. The zero-order valence-corrected chi connectivity index (χ0v) is 12.9. The number of carboxylic acids is 1. The summed E-state index contributed by atoms with van der Waals surface area (Å²) in [6, 6.07) is -1.18. The molecule has 1 fully saturated rings. The Morgan fingerprint density at radius 1 is 1.29 bits per heavy atom. The number of piperazine rings is 1. The molecule has 21 heavy (non-hydrogen) atoms. The number of hydrogen-bond acceptors (Lipinski definition) is 4. The van der Waals surface area contributed by atoms with E-state index in [-0.39, 0.29) is 6.03 Å². The second kappa shape index (κ2) is 10.4. The van der Waals surface area contributed by atoms with E-state index in [2.05, 4.69) is 20.9 Å². The van der Waals surface area contributed by atoms with Crippen molar-refractivity contribution < 1.29 is 14.7 Å². The summed E-state index contributed by atoms with van der Waals surface area (Å²) in [5, 5.41) is 17.6. The van der Waals surface area contributed by atoms with Crippen LogP contribution in [0.15, 0.2) is 0 Å². The van der Waals surface area contributed by atoms with E-state index < -0.39 is 12.0 Å². The van der Waals surface area contributed by atoms with Gasteiger partial charge < -0.3 is 26.0 Å². The lowest BCUT2D eigenvalue weighted by molar-refractivity contribution is -0.139. The lowest BCUT2D eigenvalue weighted by Gasteiger charge is -2.27. The first-order chi connectivity index (χ1) is 10.1. The monoisotopic (exact) mass is 300 g/mol. The molecule has 1 aliphatic heterocycles. The summed E-state index contributed by atoms with van der Waals surface area (Å²) < 4.78 is 0. The Labute approximate surface area is 126 Å². The van der Waals surface area contributed by atoms with Crippen molar-refractivity contribution in [1.29, 1.82) is 0 Å². The van der Waals surface area contributed by atoms with E-state index in [4.69, 9.17) is 5.11 Å². The molecule has 0 aliphatic carbocycles. The Morgan fingerprint density at radius 2 is 2.00 bits per heavy atom. The number of carbonyl (C=O) groups excluding carboxylic acids is 1. The van der Waals surface area contributed by atoms with Gasteiger partial charge in [-0.25, -0.2) is 9.59 Å². The van der Waals surface area contributed by atoms with Gasteiger partial charge in [0.25, 0.3) is 0 Å². The van der Waals surface area contributed by atoms with Crippen molar-refractivity contribution >= 4 is 12.0 Å². The maximum absolute atomic E-state index is 11.7. The fourth-order valence-corrected chi connectivity index (χ4v) is 2.31. The second-order valence-corrected chi connectivity index (χ2v) is 5.38. The third-order valence-electron chi connectivity index (χ3n) is 3.60. The van der Waals surface area contributed by atoms with Crippen molar-refractivity contribution in [2.24, 2.45) is 0 Å². The molecule has 0 spiro atoms. The Balaban J connectivity index is 2.12. The number of nitrogens with one attached hydrogen (secondary N) is 3. The maximum Gasteiger partial charge on any atom is 0.326 e. The Bertz CT molecular complexity index is 319. The molecule has 0 aromatic heterocycles. The largest absolute Gasteiger partial charge is 0.480 e. The Morgan fingerprint density at radius 3 is 2.62 bits per heavy atom. The average Bonchev–Trinajstić information content (AvgIpc) is 2.48. The maximum atomic E-state index is 11.7. The van der Waals surface area contributed by atoms with Crippen LogP contribution in [-0.2, 0) is 4.79 Å². The molecule has 7 nitrogen and oxygen atoms in total. The molecule has 1 unspecified atom stereocenters. The van der Waals surface area contributed by atoms with Crippen LogP contribution < -0.4 is 16.0 Å². The van der Waals surface area contributed by atoms with E-state index in [0.717, 1.165) is 52.0 Å². The SMILES string of the molecule is CCCCC(NC(=O)NCCCN1CCNCC1)C(=O)O. The van der Waals surface area contributed by atoms with Crippen LogP contribution in [0.3, 0.4) is 0 Å². The molecule has 0 radical (unpaired) electrons. The summed E-state index contributed by atoms with van der Waals surface area (Å²) in [7, 11) is 0. The van der Waals surface area contributed by atoms with Gasteiger partial charge in [-0.15, -0.1) is 0 Å². The lowest BCUT2D eigenvalue weighted by Crippen LogP contribution is -2.47. The molecule has 1 heterocycles. The molecule has 1 saturated heterocycles. The van der Waals surface area contributed by atoms with Gasteiger partial charge >= 0.3 is 12.0 Å². The molecule has 7 heteroatoms. The van der Waals surface area contributed by atoms with Gasteiger partial charge in [0.15, 0.2) is 0 Å². The van der Waals surface area contributed by atoms with E-state index >= 15 is 0 Å². The molecule has 0 aromatic carbocycles. The van der Waals surface area contributed by atoms with Crippen LogP contribution in [0.5, 0.6) is 0 Å². The molecule has 0 bridgehead atoms. The number of hydrogen-bond donors (Lipinski definition) is 4. The number of nitrogens with zero attached hydrogens (tertiary/aromatic N) is 1. The van der Waals surface area contributed by atoms with E-state index in [1.54, 1.807) is 0 Å². The van der Waals surface area contributed by atoms with Gasteiger partial charge in [-0.2, -0.15) is 0 Å². The first-order valence-corrected chi connectivity index (χ1v) is 7.83. The summed E-state index contributed by atoms with van der Waals surface area (Å²) in [6.07, 6.45) is 3.05. The highest BCUT2D eigenvalue weighted by molar-refractivity contribution is 5.82. The molecule has 2 amide bonds. The summed E-state index contributed by atoms with van der Waals surface area (Å²) in [5.74, 6) is -0.973. The minimum absolute atomic E-state index is 0.390. The smallest absolute Gasteiger partial charge is 0.326 e. The predicted molar refractivity (Wildman–Crippen MR) is 81.4 cm³/mol. The third-order valence-corrected chi connectivity index (χ3v) is 3.60. The van der Waals surface area contributed by atoms with Crippen molar-refractivity contribution in [1.82, 2.24) is 20.9 Å². The fraction of sp³-hybridized carbons (Fsp3) is 0.857. The van der Waals surface area contributed by atoms with Crippen LogP contribution in [0, 0.1) is 0 Å². The minimum Gasteiger partial charge on any atom is -0.480 e. The van der Waals surface area contributed by atoms with E-state index in [1.807, 2.05) is 6.92 Å². The molecule has 1 rings (SSSR count). The van der Waals surface area contributed by atoms with E-state index in [9.17, 15) is 9.59 Å². The number of urea groups is 1. The molecular weight excluding hydrogens is 272 g/mol. The minimum atomic E-state index is -0.973. The zero-order valence-electron chi connectivity index (χ0n) is 12.9. The van der Waals surface area contributed by atoms with Crippen LogP contribution in [0.2, 0.25) is 0 Å². The van der Waals surface area contributed by atoms with E-state index in [1.165, 1.54) is 0 Å². The van der Waals surface area contributed by atoms with Gasteiger partial charge in [0.2, 0.25) is 0 Å². The first-order valence-electron chi connectivity index (χ1n) is 7.83. The molecule has 4 N–H and O–H groups in total. The van der Waals surface area contributed by atoms with Gasteiger partial charge in [-0.05, 0) is 19.4 Å². The topological polar surface area (TPSA) is 93.7 Å². The van der Waals surface area contributed by atoms with Gasteiger partial charge in [-0.1, -0.05) is 19.8 Å². The highest BCUT2D eigenvalue weighted by Crippen LogP contribution is 2.00. The average molecular weight is 300 g/mol. The van der Waals surface area contributed by atoms with Crippen molar-refractivity contribution in [2.45, 2.75) is 38.6 Å². The number of unbranched alkanes of at least 4 members (excludes halogenated alkanes) is 1. The van der Waals surface area contributed by atoms with Crippen LogP contribution in [-0.4, -0.2) is 67.3 Å². The summed E-state index contributed by atoms with van der Waals surface area (Å²) in [5.41, 5.74) is 0. The second-order valence-electron chi connectivity index (χ2n) is 5.38. The summed E-state index contributed by atoms with van der Waals surface area (Å²) in [4.78, 5) is 25.0. The summed E-state index contributed by atoms with van der Waals surface area (Å²) >= 11 is 0. The third kappa shape index (κ3) is 7.87. The highest BCUT2D eigenvalue weighted by Gasteiger charge is 2.18. The van der Waals surface area contributed by atoms with Crippen molar-refractivity contribution in [3.8, 4) is 0 Å². The van der Waals surface area contributed by atoms with Crippen LogP contribution >= 0.6 is 0 Å². The Hall–Kier alpha value is -1.34. The van der Waals surface area contributed by atoms with Crippen molar-refractivity contribution in [3.05, 3.63) is 0 Å². The molecule has 0 aromatic rings. The molecule has 1 aliphatic rings. The quantitative estimate of drug-likeness (QED) is 0.457. The van der Waals surface area contributed by atoms with E-state index in [0.29, 0.717) is 13.0 Å². The first kappa shape index (κ1) is 17.7. The van der Waals surface area contributed by atoms with Crippen LogP contribution in [0.4, 0.5) is 4.79 Å². The zero-order chi connectivity index (χ0) is 15.5. The lowest BCUT2D eigenvalue weighted by atomic mass is 10.1. The number of carbonyl (C=O) groups is 2. The molecule has 122 valence electrons. The molecular formula is C14H28N4O3. The number of carboxylic acid groups (broad SMARTS) is 1. The summed E-state index contributed by atoms with van der Waals surface area (Å²) in [6.45, 7) is 7.65. The number of rotatable bonds is 9.